The fourth-order valence-electron chi connectivity index (χ4n) is 0.801. The van der Waals surface area contributed by atoms with Crippen LogP contribution < -0.4 is 0 Å². The second-order valence-corrected chi connectivity index (χ2v) is 3.71. The van der Waals surface area contributed by atoms with Crippen molar-refractivity contribution in [2.75, 3.05) is 0 Å². The summed E-state index contributed by atoms with van der Waals surface area (Å²) in [6.45, 7) is 4.01. The molecule has 1 aromatic rings. The standard InChI is InChI=1S/C9H10NSe/c1-7-3-5-9(6-4-7)10-8(2)11/h3-6H,1-2H3. The van der Waals surface area contributed by atoms with Crippen molar-refractivity contribution >= 4 is 26.3 Å². The SMILES string of the molecule is CC([Se])=Nc1ccc(C)cc1. The quantitative estimate of drug-likeness (QED) is 0.499. The van der Waals surface area contributed by atoms with Gasteiger partial charge in [-0.1, -0.05) is 0 Å². The Labute approximate surface area is 75.4 Å². The zero-order valence-corrected chi connectivity index (χ0v) is 8.38. The first-order chi connectivity index (χ1) is 5.18. The maximum absolute atomic E-state index is 4.26. The summed E-state index contributed by atoms with van der Waals surface area (Å²) in [4.78, 5) is 4.26. The zero-order valence-electron chi connectivity index (χ0n) is 6.66. The van der Waals surface area contributed by atoms with Crippen molar-refractivity contribution < 1.29 is 0 Å². The molecule has 11 heavy (non-hydrogen) atoms. The van der Waals surface area contributed by atoms with Gasteiger partial charge in [0.15, 0.2) is 0 Å². The first-order valence-electron chi connectivity index (χ1n) is 3.47. The predicted molar refractivity (Wildman–Crippen MR) is 49.7 cm³/mol. The average Bonchev–Trinajstić information content (AvgIpc) is 1.93. The molecular formula is C9H10NSe. The van der Waals surface area contributed by atoms with Crippen LogP contribution in [-0.2, 0) is 0 Å². The van der Waals surface area contributed by atoms with Crippen LogP contribution in [0.3, 0.4) is 0 Å². The number of aliphatic imine (C=N–C) groups is 1. The molecule has 0 heterocycles. The minimum atomic E-state index is 0.967. The zero-order chi connectivity index (χ0) is 8.27. The molecule has 57 valence electrons. The Morgan fingerprint density at radius 3 is 2.27 bits per heavy atom. The molecule has 0 saturated carbocycles. The summed E-state index contributed by atoms with van der Waals surface area (Å²) in [5.74, 6) is 0. The summed E-state index contributed by atoms with van der Waals surface area (Å²) in [6, 6.07) is 8.13. The molecule has 0 N–H and O–H groups in total. The summed E-state index contributed by atoms with van der Waals surface area (Å²) < 4.78 is 0.967. The average molecular weight is 211 g/mol. The van der Waals surface area contributed by atoms with Gasteiger partial charge in [-0.15, -0.1) is 0 Å². The second-order valence-electron chi connectivity index (χ2n) is 2.47. The van der Waals surface area contributed by atoms with Crippen LogP contribution in [0.4, 0.5) is 5.69 Å². The molecule has 0 aromatic heterocycles. The van der Waals surface area contributed by atoms with E-state index < -0.39 is 0 Å². The first-order valence-corrected chi connectivity index (χ1v) is 4.33. The molecule has 1 nitrogen and oxygen atoms in total. The van der Waals surface area contributed by atoms with Crippen LogP contribution in [0.2, 0.25) is 0 Å². The Morgan fingerprint density at radius 1 is 1.27 bits per heavy atom. The van der Waals surface area contributed by atoms with Gasteiger partial charge in [0.1, 0.15) is 0 Å². The molecule has 0 saturated heterocycles. The Balaban J connectivity index is 2.91. The number of hydrogen-bond acceptors (Lipinski definition) is 1. The molecule has 0 bridgehead atoms. The van der Waals surface area contributed by atoms with Crippen molar-refractivity contribution in [2.45, 2.75) is 13.8 Å². The Bertz CT molecular complexity index is 257. The number of nitrogens with zero attached hydrogens (tertiary/aromatic N) is 1. The van der Waals surface area contributed by atoms with E-state index in [1.54, 1.807) is 0 Å². The van der Waals surface area contributed by atoms with E-state index >= 15 is 0 Å². The van der Waals surface area contributed by atoms with Crippen LogP contribution in [-0.4, -0.2) is 20.6 Å². The summed E-state index contributed by atoms with van der Waals surface area (Å²) in [5, 5.41) is 0. The Morgan fingerprint density at radius 2 is 1.82 bits per heavy atom. The summed E-state index contributed by atoms with van der Waals surface area (Å²) in [6.07, 6.45) is 0. The van der Waals surface area contributed by atoms with Gasteiger partial charge in [-0.25, -0.2) is 0 Å². The van der Waals surface area contributed by atoms with E-state index in [1.807, 2.05) is 19.1 Å². The topological polar surface area (TPSA) is 12.4 Å². The van der Waals surface area contributed by atoms with Gasteiger partial charge >= 0.3 is 75.0 Å². The molecule has 0 spiro atoms. The van der Waals surface area contributed by atoms with Gasteiger partial charge in [-0.05, 0) is 0 Å². The van der Waals surface area contributed by atoms with Crippen molar-refractivity contribution in [2.24, 2.45) is 4.99 Å². The predicted octanol–water partition coefficient (Wildman–Crippen LogP) is 2.21. The number of aryl methyl sites for hydroxylation is 1. The minimum absolute atomic E-state index is 0.967. The first kappa shape index (κ1) is 8.51. The van der Waals surface area contributed by atoms with Crippen LogP contribution in [0.25, 0.3) is 0 Å². The van der Waals surface area contributed by atoms with Gasteiger partial charge in [-0.2, -0.15) is 0 Å². The molecule has 1 rings (SSSR count). The van der Waals surface area contributed by atoms with Crippen LogP contribution in [0.1, 0.15) is 12.5 Å². The Kier molecular flexibility index (Phi) is 2.86. The van der Waals surface area contributed by atoms with Gasteiger partial charge in [0, 0.05) is 0 Å². The molecule has 2 heteroatoms. The third-order valence-electron chi connectivity index (χ3n) is 1.32. The summed E-state index contributed by atoms with van der Waals surface area (Å²) in [7, 11) is 0. The van der Waals surface area contributed by atoms with E-state index in [0.717, 1.165) is 10.3 Å². The van der Waals surface area contributed by atoms with Crippen LogP contribution in [0, 0.1) is 6.92 Å². The summed E-state index contributed by atoms with van der Waals surface area (Å²) in [5.41, 5.74) is 2.27. The third kappa shape index (κ3) is 2.87. The van der Waals surface area contributed by atoms with Gasteiger partial charge in [0.2, 0.25) is 0 Å². The van der Waals surface area contributed by atoms with Crippen molar-refractivity contribution in [3.63, 3.8) is 0 Å². The van der Waals surface area contributed by atoms with E-state index in [-0.39, 0.29) is 0 Å². The number of rotatable bonds is 1. The Hall–Kier alpha value is -0.591. The molecule has 0 unspecified atom stereocenters. The molecule has 1 aromatic carbocycles. The fourth-order valence-corrected chi connectivity index (χ4v) is 1.02. The van der Waals surface area contributed by atoms with Crippen molar-refractivity contribution in [1.82, 2.24) is 0 Å². The van der Waals surface area contributed by atoms with E-state index in [1.165, 1.54) is 5.56 Å². The maximum atomic E-state index is 4.26. The van der Waals surface area contributed by atoms with Gasteiger partial charge in [0.05, 0.1) is 0 Å². The summed E-state index contributed by atoms with van der Waals surface area (Å²) >= 11 is 2.85. The van der Waals surface area contributed by atoms with E-state index in [9.17, 15) is 0 Å². The molecule has 0 fully saturated rings. The molecular weight excluding hydrogens is 201 g/mol. The van der Waals surface area contributed by atoms with Crippen molar-refractivity contribution in [3.05, 3.63) is 29.8 Å². The monoisotopic (exact) mass is 212 g/mol. The number of benzene rings is 1. The number of hydrogen-bond donors (Lipinski definition) is 0. The molecule has 0 aliphatic carbocycles. The van der Waals surface area contributed by atoms with Crippen molar-refractivity contribution in [3.8, 4) is 0 Å². The fraction of sp³-hybridized carbons (Fsp3) is 0.222. The van der Waals surface area contributed by atoms with E-state index in [4.69, 9.17) is 0 Å². The molecule has 1 radical (unpaired) electrons. The molecule has 0 amide bonds. The van der Waals surface area contributed by atoms with E-state index in [2.05, 4.69) is 40.1 Å². The van der Waals surface area contributed by atoms with Gasteiger partial charge < -0.3 is 0 Å². The van der Waals surface area contributed by atoms with Crippen molar-refractivity contribution in [1.29, 1.82) is 0 Å². The normalized spacial score (nSPS) is 11.6. The van der Waals surface area contributed by atoms with Gasteiger partial charge in [0.25, 0.3) is 0 Å². The van der Waals surface area contributed by atoms with Gasteiger partial charge in [-0.3, -0.25) is 0 Å². The molecule has 0 aliphatic rings. The van der Waals surface area contributed by atoms with Crippen LogP contribution in [0.15, 0.2) is 29.3 Å². The molecule has 0 atom stereocenters. The van der Waals surface area contributed by atoms with E-state index in [0.29, 0.717) is 0 Å². The second kappa shape index (κ2) is 3.70. The molecule has 0 aliphatic heterocycles. The van der Waals surface area contributed by atoms with Crippen LogP contribution in [0.5, 0.6) is 0 Å². The van der Waals surface area contributed by atoms with Crippen LogP contribution >= 0.6 is 0 Å². The third-order valence-corrected chi connectivity index (χ3v) is 1.51.